The van der Waals surface area contributed by atoms with Crippen LogP contribution in [0.25, 0.3) is 0 Å². The Labute approximate surface area is 123 Å². The van der Waals surface area contributed by atoms with E-state index in [4.69, 9.17) is 0 Å². The summed E-state index contributed by atoms with van der Waals surface area (Å²) >= 11 is 0. The van der Waals surface area contributed by atoms with E-state index in [2.05, 4.69) is 15.3 Å². The molecule has 21 heavy (non-hydrogen) atoms. The van der Waals surface area contributed by atoms with Gasteiger partial charge in [-0.3, -0.25) is 9.97 Å². The molecule has 3 nitrogen and oxygen atoms in total. The lowest BCUT2D eigenvalue weighted by Crippen LogP contribution is -2.26. The molecule has 0 saturated heterocycles. The first-order chi connectivity index (χ1) is 10.1. The van der Waals surface area contributed by atoms with E-state index in [1.54, 1.807) is 12.4 Å². The zero-order valence-corrected chi connectivity index (χ0v) is 12.2. The van der Waals surface area contributed by atoms with Crippen molar-refractivity contribution >= 4 is 0 Å². The Morgan fingerprint density at radius 1 is 1.14 bits per heavy atom. The lowest BCUT2D eigenvalue weighted by Gasteiger charge is -2.18. The second-order valence-corrected chi connectivity index (χ2v) is 4.99. The van der Waals surface area contributed by atoms with Crippen molar-refractivity contribution in [1.29, 1.82) is 0 Å². The van der Waals surface area contributed by atoms with Crippen LogP contribution in [0.2, 0.25) is 0 Å². The number of nitrogens with zero attached hydrogens (tertiary/aromatic N) is 2. The molecule has 1 aromatic heterocycles. The molecule has 0 amide bonds. The molecular weight excluding hydrogens is 272 g/mol. The van der Waals surface area contributed by atoms with Gasteiger partial charge in [0, 0.05) is 11.8 Å². The Hall–Kier alpha value is -1.88. The van der Waals surface area contributed by atoms with Gasteiger partial charge >= 0.3 is 0 Å². The van der Waals surface area contributed by atoms with Gasteiger partial charge in [0.1, 0.15) is 11.6 Å². The summed E-state index contributed by atoms with van der Waals surface area (Å²) in [6.45, 7) is 4.63. The zero-order valence-electron chi connectivity index (χ0n) is 12.2. The van der Waals surface area contributed by atoms with Crippen LogP contribution < -0.4 is 5.32 Å². The summed E-state index contributed by atoms with van der Waals surface area (Å²) in [6.07, 6.45) is 4.45. The van der Waals surface area contributed by atoms with Gasteiger partial charge in [0.05, 0.1) is 23.6 Å². The van der Waals surface area contributed by atoms with E-state index in [0.717, 1.165) is 18.7 Å². The summed E-state index contributed by atoms with van der Waals surface area (Å²) in [6, 6.07) is 3.66. The number of aryl methyl sites for hydroxylation is 1. The van der Waals surface area contributed by atoms with Crippen molar-refractivity contribution in [2.45, 2.75) is 32.7 Å². The van der Waals surface area contributed by atoms with E-state index >= 15 is 0 Å². The molecule has 0 aliphatic carbocycles. The number of hydrogen-bond acceptors (Lipinski definition) is 3. The normalized spacial score (nSPS) is 12.4. The Bertz CT molecular complexity index is 564. The fourth-order valence-electron chi connectivity index (χ4n) is 2.11. The maximum absolute atomic E-state index is 13.8. The molecule has 0 aliphatic rings. The van der Waals surface area contributed by atoms with Crippen molar-refractivity contribution in [2.75, 3.05) is 6.54 Å². The van der Waals surface area contributed by atoms with Gasteiger partial charge in [-0.2, -0.15) is 0 Å². The third kappa shape index (κ3) is 4.04. The minimum absolute atomic E-state index is 0.0773. The van der Waals surface area contributed by atoms with Gasteiger partial charge in [0.15, 0.2) is 0 Å². The van der Waals surface area contributed by atoms with E-state index in [1.807, 2.05) is 13.8 Å². The molecule has 1 N–H and O–H groups in total. The first-order valence-electron chi connectivity index (χ1n) is 7.06. The first-order valence-corrected chi connectivity index (χ1v) is 7.06. The lowest BCUT2D eigenvalue weighted by atomic mass is 10.0. The van der Waals surface area contributed by atoms with Crippen LogP contribution in [-0.4, -0.2) is 16.5 Å². The lowest BCUT2D eigenvalue weighted by molar-refractivity contribution is 0.481. The third-order valence-electron chi connectivity index (χ3n) is 3.27. The van der Waals surface area contributed by atoms with Crippen LogP contribution in [0.4, 0.5) is 8.78 Å². The van der Waals surface area contributed by atoms with Crippen LogP contribution >= 0.6 is 0 Å². The van der Waals surface area contributed by atoms with Crippen molar-refractivity contribution in [3.05, 3.63) is 59.2 Å². The predicted molar refractivity (Wildman–Crippen MR) is 77.9 cm³/mol. The average Bonchev–Trinajstić information content (AvgIpc) is 2.47. The molecular formula is C16H19F2N3. The molecule has 0 saturated carbocycles. The maximum atomic E-state index is 13.8. The van der Waals surface area contributed by atoms with E-state index in [1.165, 1.54) is 18.2 Å². The topological polar surface area (TPSA) is 37.8 Å². The van der Waals surface area contributed by atoms with E-state index in [-0.39, 0.29) is 18.0 Å². The average molecular weight is 291 g/mol. The second-order valence-electron chi connectivity index (χ2n) is 4.99. The Kier molecular flexibility index (Phi) is 5.33. The van der Waals surface area contributed by atoms with Gasteiger partial charge in [-0.1, -0.05) is 13.0 Å². The van der Waals surface area contributed by atoms with Gasteiger partial charge < -0.3 is 5.32 Å². The van der Waals surface area contributed by atoms with Crippen LogP contribution in [0.5, 0.6) is 0 Å². The van der Waals surface area contributed by atoms with Gasteiger partial charge in [-0.05, 0) is 38.4 Å². The second kappa shape index (κ2) is 7.22. The standard InChI is InChI=1S/C16H19F2N3/c1-3-7-19-15(16-10-20-11(2)9-21-16)8-12-13(17)5-4-6-14(12)18/h4-6,9-10,15,19H,3,7-8H2,1-2H3. The monoisotopic (exact) mass is 291 g/mol. The third-order valence-corrected chi connectivity index (χ3v) is 3.27. The van der Waals surface area contributed by atoms with E-state index < -0.39 is 11.6 Å². The molecule has 1 aromatic carbocycles. The fourth-order valence-corrected chi connectivity index (χ4v) is 2.11. The highest BCUT2D eigenvalue weighted by atomic mass is 19.1. The molecule has 0 bridgehead atoms. The molecule has 1 unspecified atom stereocenters. The highest BCUT2D eigenvalue weighted by Gasteiger charge is 2.18. The molecule has 2 rings (SSSR count). The summed E-state index contributed by atoms with van der Waals surface area (Å²) < 4.78 is 27.6. The van der Waals surface area contributed by atoms with E-state index in [9.17, 15) is 8.78 Å². The van der Waals surface area contributed by atoms with Gasteiger partial charge in [-0.15, -0.1) is 0 Å². The van der Waals surface area contributed by atoms with Crippen LogP contribution in [0.15, 0.2) is 30.6 Å². The number of rotatable bonds is 6. The van der Waals surface area contributed by atoms with Crippen molar-refractivity contribution in [3.8, 4) is 0 Å². The minimum Gasteiger partial charge on any atom is -0.308 e. The van der Waals surface area contributed by atoms with Crippen LogP contribution in [-0.2, 0) is 6.42 Å². The Morgan fingerprint density at radius 2 is 1.86 bits per heavy atom. The summed E-state index contributed by atoms with van der Waals surface area (Å²) in [4.78, 5) is 8.52. The van der Waals surface area contributed by atoms with Gasteiger partial charge in [0.25, 0.3) is 0 Å². The van der Waals surface area contributed by atoms with E-state index in [0.29, 0.717) is 5.69 Å². The molecule has 0 aliphatic heterocycles. The summed E-state index contributed by atoms with van der Waals surface area (Å²) in [5.41, 5.74) is 1.58. The quantitative estimate of drug-likeness (QED) is 0.887. The van der Waals surface area contributed by atoms with Crippen molar-refractivity contribution in [3.63, 3.8) is 0 Å². The molecule has 1 heterocycles. The van der Waals surface area contributed by atoms with Crippen LogP contribution in [0.3, 0.4) is 0 Å². The summed E-state index contributed by atoms with van der Waals surface area (Å²) in [5.74, 6) is -1.06. The highest BCUT2D eigenvalue weighted by molar-refractivity contribution is 5.22. The highest BCUT2D eigenvalue weighted by Crippen LogP contribution is 2.21. The number of halogens is 2. The molecule has 0 fully saturated rings. The maximum Gasteiger partial charge on any atom is 0.129 e. The number of aromatic nitrogens is 2. The van der Waals surface area contributed by atoms with Crippen molar-refractivity contribution in [1.82, 2.24) is 15.3 Å². The number of nitrogens with one attached hydrogen (secondary N) is 1. The molecule has 0 spiro atoms. The molecule has 1 atom stereocenters. The van der Waals surface area contributed by atoms with Gasteiger partial charge in [0.2, 0.25) is 0 Å². The zero-order chi connectivity index (χ0) is 15.2. The van der Waals surface area contributed by atoms with Crippen molar-refractivity contribution in [2.24, 2.45) is 0 Å². The predicted octanol–water partition coefficient (Wildman–Crippen LogP) is 3.35. The SMILES string of the molecule is CCCNC(Cc1c(F)cccc1F)c1cnc(C)cn1. The van der Waals surface area contributed by atoms with Crippen molar-refractivity contribution < 1.29 is 8.78 Å². The Balaban J connectivity index is 2.26. The fraction of sp³-hybridized carbons (Fsp3) is 0.375. The smallest absolute Gasteiger partial charge is 0.129 e. The summed E-state index contributed by atoms with van der Waals surface area (Å²) in [5, 5.41) is 3.27. The first kappa shape index (κ1) is 15.5. The largest absolute Gasteiger partial charge is 0.308 e. The van der Waals surface area contributed by atoms with Gasteiger partial charge in [-0.25, -0.2) is 8.78 Å². The minimum atomic E-state index is -0.529. The van der Waals surface area contributed by atoms with Crippen LogP contribution in [0, 0.1) is 18.6 Å². The molecule has 0 radical (unpaired) electrons. The molecule has 112 valence electrons. The number of hydrogen-bond donors (Lipinski definition) is 1. The Morgan fingerprint density at radius 3 is 2.43 bits per heavy atom. The van der Waals surface area contributed by atoms with Crippen LogP contribution in [0.1, 0.15) is 36.3 Å². The summed E-state index contributed by atoms with van der Waals surface area (Å²) in [7, 11) is 0. The molecule has 2 aromatic rings. The molecule has 5 heteroatoms. The number of benzene rings is 1.